The van der Waals surface area contributed by atoms with Gasteiger partial charge in [0.25, 0.3) is 5.95 Å². The van der Waals surface area contributed by atoms with E-state index >= 15 is 0 Å². The molecule has 0 aromatic rings. The van der Waals surface area contributed by atoms with Gasteiger partial charge in [-0.2, -0.15) is 0 Å². The lowest BCUT2D eigenvalue weighted by Crippen LogP contribution is -2.44. The van der Waals surface area contributed by atoms with Crippen LogP contribution in [0, 0.1) is 0 Å². The molecule has 0 rings (SSSR count). The minimum atomic E-state index is -1.58. The molecular formula is C13H26O9. The van der Waals surface area contributed by atoms with Crippen molar-refractivity contribution in [1.29, 1.82) is 0 Å². The Hall–Kier alpha value is -0.940. The smallest absolute Gasteiger partial charge is 0.272 e. The van der Waals surface area contributed by atoms with Crippen LogP contribution in [0.3, 0.4) is 0 Å². The molecule has 0 saturated heterocycles. The van der Waals surface area contributed by atoms with E-state index < -0.39 is 56.4 Å². The summed E-state index contributed by atoms with van der Waals surface area (Å²) in [5.41, 5.74) is 0. The molecule has 9 nitrogen and oxygen atoms in total. The molecule has 0 aliphatic heterocycles. The second-order valence-corrected chi connectivity index (χ2v) is 4.72. The first-order valence-electron chi connectivity index (χ1n) is 6.74. The van der Waals surface area contributed by atoms with Crippen molar-refractivity contribution in [2.45, 2.75) is 43.5 Å². The third kappa shape index (κ3) is 6.44. The molecule has 3 unspecified atom stereocenters. The van der Waals surface area contributed by atoms with Crippen LogP contribution in [0.2, 0.25) is 0 Å². The van der Waals surface area contributed by atoms with Crippen molar-refractivity contribution in [2.24, 2.45) is 0 Å². The second-order valence-electron chi connectivity index (χ2n) is 4.72. The summed E-state index contributed by atoms with van der Waals surface area (Å²) in [5.74, 6) is -0.385. The molecule has 6 N–H and O–H groups in total. The summed E-state index contributed by atoms with van der Waals surface area (Å²) >= 11 is 0. The van der Waals surface area contributed by atoms with Crippen LogP contribution in [0.1, 0.15) is 6.92 Å². The van der Waals surface area contributed by atoms with Gasteiger partial charge in [-0.3, -0.25) is 0 Å². The minimum absolute atomic E-state index is 0.385. The molecule has 0 spiro atoms. The maximum Gasteiger partial charge on any atom is 0.272 e. The molecule has 6 atom stereocenters. The van der Waals surface area contributed by atoms with Crippen LogP contribution in [-0.2, 0) is 14.2 Å². The summed E-state index contributed by atoms with van der Waals surface area (Å²) in [7, 11) is 1.38. The Kier molecular flexibility index (Phi) is 10.3. The van der Waals surface area contributed by atoms with Crippen molar-refractivity contribution in [1.82, 2.24) is 0 Å². The zero-order chi connectivity index (χ0) is 17.3. The molecule has 132 valence electrons. The summed E-state index contributed by atoms with van der Waals surface area (Å²) in [6.07, 6.45) is -7.28. The molecule has 22 heavy (non-hydrogen) atoms. The summed E-state index contributed by atoms with van der Waals surface area (Å²) < 4.78 is 15.1. The maximum atomic E-state index is 9.87. The van der Waals surface area contributed by atoms with Gasteiger partial charge in [0, 0.05) is 7.11 Å². The van der Waals surface area contributed by atoms with E-state index in [1.807, 2.05) is 0 Å². The van der Waals surface area contributed by atoms with Crippen LogP contribution in [0.5, 0.6) is 0 Å². The average molecular weight is 326 g/mol. The van der Waals surface area contributed by atoms with E-state index in [0.29, 0.717) is 0 Å². The zero-order valence-electron chi connectivity index (χ0n) is 12.7. The van der Waals surface area contributed by atoms with E-state index in [-0.39, 0.29) is 5.95 Å². The Balaban J connectivity index is 4.62. The van der Waals surface area contributed by atoms with Crippen molar-refractivity contribution in [3.63, 3.8) is 0 Å². The molecule has 0 aliphatic carbocycles. The fraction of sp³-hybridized carbons (Fsp3) is 0.846. The van der Waals surface area contributed by atoms with Gasteiger partial charge in [-0.1, -0.05) is 0 Å². The van der Waals surface area contributed by atoms with Crippen LogP contribution < -0.4 is 0 Å². The fourth-order valence-corrected chi connectivity index (χ4v) is 1.59. The minimum Gasteiger partial charge on any atom is -0.457 e. The Morgan fingerprint density at radius 3 is 1.73 bits per heavy atom. The third-order valence-electron chi connectivity index (χ3n) is 3.12. The normalized spacial score (nSPS) is 19.6. The molecule has 0 bridgehead atoms. The van der Waals surface area contributed by atoms with Crippen molar-refractivity contribution in [2.75, 3.05) is 26.9 Å². The van der Waals surface area contributed by atoms with Crippen molar-refractivity contribution in [3.05, 3.63) is 12.5 Å². The highest BCUT2D eigenvalue weighted by molar-refractivity contribution is 4.84. The van der Waals surface area contributed by atoms with Crippen LogP contribution in [0.25, 0.3) is 0 Å². The van der Waals surface area contributed by atoms with Gasteiger partial charge in [-0.05, 0) is 13.5 Å². The quantitative estimate of drug-likeness (QED) is 0.211. The Morgan fingerprint density at radius 2 is 1.36 bits per heavy atom. The molecule has 0 radical (unpaired) electrons. The predicted molar refractivity (Wildman–Crippen MR) is 74.6 cm³/mol. The van der Waals surface area contributed by atoms with E-state index in [0.717, 1.165) is 0 Å². The van der Waals surface area contributed by atoms with Gasteiger partial charge in [0.05, 0.1) is 25.9 Å². The van der Waals surface area contributed by atoms with Crippen LogP contribution >= 0.6 is 0 Å². The molecule has 0 heterocycles. The predicted octanol–water partition coefficient (Wildman–Crippen LogP) is -2.68. The van der Waals surface area contributed by atoms with Gasteiger partial charge in [0.2, 0.25) is 0 Å². The number of hydrogen-bond donors (Lipinski definition) is 6. The Labute approximate surface area is 129 Å². The van der Waals surface area contributed by atoms with Crippen LogP contribution in [0.4, 0.5) is 0 Å². The molecule has 0 fully saturated rings. The number of methoxy groups -OCH3 is 1. The maximum absolute atomic E-state index is 9.87. The molecule has 0 amide bonds. The molecule has 0 aliphatic rings. The first-order valence-corrected chi connectivity index (χ1v) is 6.74. The highest BCUT2D eigenvalue weighted by Crippen LogP contribution is 2.15. The van der Waals surface area contributed by atoms with Gasteiger partial charge in [-0.15, -0.1) is 0 Å². The Bertz CT molecular complexity index is 284. The SMILES string of the molecule is C=C(OC(CO)[C@H](O)[C@@H](C)OC)O[C@H](CO)C(O)C(O)CO. The summed E-state index contributed by atoms with van der Waals surface area (Å²) in [4.78, 5) is 0. The highest BCUT2D eigenvalue weighted by atomic mass is 16.7. The second kappa shape index (κ2) is 10.7. The molecular weight excluding hydrogens is 300 g/mol. The zero-order valence-corrected chi connectivity index (χ0v) is 12.7. The largest absolute Gasteiger partial charge is 0.457 e. The average Bonchev–Trinajstić information content (AvgIpc) is 2.54. The lowest BCUT2D eigenvalue weighted by Gasteiger charge is -2.29. The number of rotatable bonds is 12. The molecule has 0 aromatic heterocycles. The number of aliphatic hydroxyl groups is 6. The van der Waals surface area contributed by atoms with Crippen LogP contribution in [0.15, 0.2) is 12.5 Å². The van der Waals surface area contributed by atoms with Gasteiger partial charge < -0.3 is 44.8 Å². The Morgan fingerprint density at radius 1 is 0.909 bits per heavy atom. The van der Waals surface area contributed by atoms with E-state index in [1.54, 1.807) is 6.92 Å². The van der Waals surface area contributed by atoms with Crippen molar-refractivity contribution < 1.29 is 44.8 Å². The standard InChI is InChI=1S/C13H26O9/c1-7(20-3)12(18)10(5-15)21-8(2)22-11(6-16)13(19)9(17)4-14/h7,9-19H,2,4-6H2,1,3H3/t7-,9?,10?,11-,12-,13?/m1/s1. The van der Waals surface area contributed by atoms with Crippen LogP contribution in [-0.4, -0.2) is 94.2 Å². The summed E-state index contributed by atoms with van der Waals surface area (Å²) in [5, 5.41) is 55.9. The lowest BCUT2D eigenvalue weighted by molar-refractivity contribution is -0.156. The monoisotopic (exact) mass is 326 g/mol. The van der Waals surface area contributed by atoms with Gasteiger partial charge in [0.1, 0.15) is 18.3 Å². The molecule has 0 saturated carbocycles. The molecule has 9 heteroatoms. The lowest BCUT2D eigenvalue weighted by atomic mass is 10.1. The third-order valence-corrected chi connectivity index (χ3v) is 3.12. The first-order chi connectivity index (χ1) is 10.3. The van der Waals surface area contributed by atoms with Gasteiger partial charge >= 0.3 is 0 Å². The summed E-state index contributed by atoms with van der Waals surface area (Å²) in [6, 6.07) is 0. The van der Waals surface area contributed by atoms with E-state index in [4.69, 9.17) is 24.4 Å². The fourth-order valence-electron chi connectivity index (χ4n) is 1.59. The van der Waals surface area contributed by atoms with E-state index in [9.17, 15) is 20.4 Å². The van der Waals surface area contributed by atoms with Gasteiger partial charge in [-0.25, -0.2) is 0 Å². The van der Waals surface area contributed by atoms with Gasteiger partial charge in [0.15, 0.2) is 12.2 Å². The van der Waals surface area contributed by atoms with E-state index in [1.165, 1.54) is 7.11 Å². The number of ether oxygens (including phenoxy) is 3. The summed E-state index contributed by atoms with van der Waals surface area (Å²) in [6.45, 7) is 3.00. The van der Waals surface area contributed by atoms with Crippen molar-refractivity contribution >= 4 is 0 Å². The van der Waals surface area contributed by atoms with E-state index in [2.05, 4.69) is 6.58 Å². The highest BCUT2D eigenvalue weighted by Gasteiger charge is 2.30. The topological polar surface area (TPSA) is 149 Å². The first kappa shape index (κ1) is 21.1. The molecule has 0 aromatic carbocycles. The number of hydrogen-bond acceptors (Lipinski definition) is 9. The number of aliphatic hydroxyl groups excluding tert-OH is 6. The van der Waals surface area contributed by atoms with Crippen molar-refractivity contribution in [3.8, 4) is 0 Å².